The van der Waals surface area contributed by atoms with Crippen molar-refractivity contribution in [3.63, 3.8) is 0 Å². The van der Waals surface area contributed by atoms with Crippen LogP contribution < -0.4 is 19.5 Å². The maximum Gasteiger partial charge on any atom is 0.262 e. The van der Waals surface area contributed by atoms with Gasteiger partial charge >= 0.3 is 0 Å². The van der Waals surface area contributed by atoms with E-state index < -0.39 is 5.91 Å². The van der Waals surface area contributed by atoms with Crippen molar-refractivity contribution in [1.82, 2.24) is 5.32 Å². The molecule has 0 saturated heterocycles. The fourth-order valence-corrected chi connectivity index (χ4v) is 2.77. The highest BCUT2D eigenvalue weighted by Crippen LogP contribution is 2.26. The van der Waals surface area contributed by atoms with Crippen LogP contribution in [-0.4, -0.2) is 27.2 Å². The molecular formula is C20H19BrN2O4. The summed E-state index contributed by atoms with van der Waals surface area (Å²) < 4.78 is 16.6. The predicted molar refractivity (Wildman–Crippen MR) is 106 cm³/mol. The zero-order valence-electron chi connectivity index (χ0n) is 15.2. The lowest BCUT2D eigenvalue weighted by molar-refractivity contribution is -0.117. The summed E-state index contributed by atoms with van der Waals surface area (Å²) in [6.07, 6.45) is 1.49. The van der Waals surface area contributed by atoms with Crippen LogP contribution >= 0.6 is 15.9 Å². The Labute approximate surface area is 166 Å². The van der Waals surface area contributed by atoms with Gasteiger partial charge in [-0.15, -0.1) is 0 Å². The van der Waals surface area contributed by atoms with Crippen molar-refractivity contribution in [3.05, 3.63) is 57.6 Å². The lowest BCUT2D eigenvalue weighted by Gasteiger charge is -2.11. The summed E-state index contributed by atoms with van der Waals surface area (Å²) in [5, 5.41) is 12.1. The van der Waals surface area contributed by atoms with E-state index in [1.807, 2.05) is 12.1 Å². The molecule has 0 heterocycles. The summed E-state index contributed by atoms with van der Waals surface area (Å²) in [5.74, 6) is 1.32. The first kappa shape index (κ1) is 20.3. The second kappa shape index (κ2) is 9.64. The minimum atomic E-state index is -0.489. The number of carbonyl (C=O) groups is 1. The molecule has 2 aromatic carbocycles. The molecule has 2 rings (SSSR count). The second-order valence-corrected chi connectivity index (χ2v) is 6.33. The number of carbonyl (C=O) groups excluding carboxylic acids is 1. The first-order chi connectivity index (χ1) is 13.0. The van der Waals surface area contributed by atoms with E-state index >= 15 is 0 Å². The molecule has 6 nitrogen and oxygen atoms in total. The standard InChI is InChI=1S/C20H19BrN2O4/c1-25-17-6-4-13(19(10-17)27-3)12-23-20(24)15(11-22)8-14-9-16(21)5-7-18(14)26-2/h4-10H,12H2,1-3H3,(H,23,24)/b15-8+. The molecule has 0 unspecified atom stereocenters. The molecule has 0 saturated carbocycles. The first-order valence-corrected chi connectivity index (χ1v) is 8.76. The Morgan fingerprint density at radius 1 is 1.11 bits per heavy atom. The van der Waals surface area contributed by atoms with Crippen LogP contribution in [0, 0.1) is 11.3 Å². The van der Waals surface area contributed by atoms with Gasteiger partial charge in [-0.3, -0.25) is 4.79 Å². The maximum absolute atomic E-state index is 12.4. The van der Waals surface area contributed by atoms with E-state index in [2.05, 4.69) is 21.2 Å². The zero-order chi connectivity index (χ0) is 19.8. The van der Waals surface area contributed by atoms with Crippen molar-refractivity contribution in [2.24, 2.45) is 0 Å². The molecule has 0 aliphatic heterocycles. The van der Waals surface area contributed by atoms with E-state index in [0.29, 0.717) is 22.8 Å². The molecule has 1 N–H and O–H groups in total. The number of ether oxygens (including phenoxy) is 3. The summed E-state index contributed by atoms with van der Waals surface area (Å²) in [6, 6.07) is 12.6. The van der Waals surface area contributed by atoms with Crippen molar-refractivity contribution >= 4 is 27.9 Å². The van der Waals surface area contributed by atoms with Gasteiger partial charge in [-0.05, 0) is 36.4 Å². The van der Waals surface area contributed by atoms with Gasteiger partial charge in [-0.2, -0.15) is 5.26 Å². The molecule has 0 aliphatic rings. The van der Waals surface area contributed by atoms with Crippen LogP contribution in [0.5, 0.6) is 17.2 Å². The molecule has 0 spiro atoms. The largest absolute Gasteiger partial charge is 0.497 e. The van der Waals surface area contributed by atoms with Gasteiger partial charge in [0.2, 0.25) is 0 Å². The number of amides is 1. The van der Waals surface area contributed by atoms with E-state index in [4.69, 9.17) is 14.2 Å². The second-order valence-electron chi connectivity index (χ2n) is 5.42. The highest BCUT2D eigenvalue weighted by molar-refractivity contribution is 9.10. The van der Waals surface area contributed by atoms with Crippen LogP contribution in [0.3, 0.4) is 0 Å². The van der Waals surface area contributed by atoms with E-state index in [0.717, 1.165) is 10.0 Å². The van der Waals surface area contributed by atoms with Crippen LogP contribution in [0.25, 0.3) is 6.08 Å². The Hall–Kier alpha value is -2.98. The highest BCUT2D eigenvalue weighted by atomic mass is 79.9. The number of rotatable bonds is 7. The van der Waals surface area contributed by atoms with Gasteiger partial charge in [0.05, 0.1) is 21.3 Å². The van der Waals surface area contributed by atoms with Crippen LogP contribution in [0.4, 0.5) is 0 Å². The molecule has 2 aromatic rings. The Kier molecular flexibility index (Phi) is 7.26. The molecule has 27 heavy (non-hydrogen) atoms. The summed E-state index contributed by atoms with van der Waals surface area (Å²) in [4.78, 5) is 12.4. The normalized spacial score (nSPS) is 10.7. The lowest BCUT2D eigenvalue weighted by atomic mass is 10.1. The minimum Gasteiger partial charge on any atom is -0.497 e. The number of methoxy groups -OCH3 is 3. The molecule has 0 atom stereocenters. The topological polar surface area (TPSA) is 80.6 Å². The minimum absolute atomic E-state index is 0.0288. The molecule has 0 aromatic heterocycles. The van der Waals surface area contributed by atoms with Gasteiger partial charge in [0.1, 0.15) is 28.9 Å². The lowest BCUT2D eigenvalue weighted by Crippen LogP contribution is -2.24. The molecular weight excluding hydrogens is 412 g/mol. The average Bonchev–Trinajstić information content (AvgIpc) is 2.70. The van der Waals surface area contributed by atoms with Gasteiger partial charge in [-0.1, -0.05) is 15.9 Å². The van der Waals surface area contributed by atoms with Crippen LogP contribution in [0.2, 0.25) is 0 Å². The summed E-state index contributed by atoms with van der Waals surface area (Å²) >= 11 is 3.37. The van der Waals surface area contributed by atoms with Crippen molar-refractivity contribution in [2.75, 3.05) is 21.3 Å². The molecule has 1 amide bonds. The molecule has 0 aliphatic carbocycles. The first-order valence-electron chi connectivity index (χ1n) is 7.96. The van der Waals surface area contributed by atoms with Crippen LogP contribution in [0.15, 0.2) is 46.4 Å². The van der Waals surface area contributed by atoms with Gasteiger partial charge in [-0.25, -0.2) is 0 Å². The van der Waals surface area contributed by atoms with Crippen molar-refractivity contribution in [1.29, 1.82) is 5.26 Å². The van der Waals surface area contributed by atoms with Crippen LogP contribution in [0.1, 0.15) is 11.1 Å². The highest BCUT2D eigenvalue weighted by Gasteiger charge is 2.13. The Morgan fingerprint density at radius 2 is 1.85 bits per heavy atom. The van der Waals surface area contributed by atoms with E-state index in [-0.39, 0.29) is 12.1 Å². The van der Waals surface area contributed by atoms with Gasteiger partial charge < -0.3 is 19.5 Å². The van der Waals surface area contributed by atoms with E-state index in [1.165, 1.54) is 13.2 Å². The van der Waals surface area contributed by atoms with Crippen LogP contribution in [-0.2, 0) is 11.3 Å². The smallest absolute Gasteiger partial charge is 0.262 e. The predicted octanol–water partition coefficient (Wildman–Crippen LogP) is 3.70. The van der Waals surface area contributed by atoms with Gasteiger partial charge in [0.15, 0.2) is 0 Å². The van der Waals surface area contributed by atoms with Crippen molar-refractivity contribution in [2.45, 2.75) is 6.54 Å². The SMILES string of the molecule is COc1ccc(CNC(=O)/C(C#N)=C/c2cc(Br)ccc2OC)c(OC)c1. The van der Waals surface area contributed by atoms with Gasteiger partial charge in [0.25, 0.3) is 5.91 Å². The third kappa shape index (κ3) is 5.25. The monoisotopic (exact) mass is 430 g/mol. The fraction of sp³-hybridized carbons (Fsp3) is 0.200. The quantitative estimate of drug-likeness (QED) is 0.534. The average molecular weight is 431 g/mol. The summed E-state index contributed by atoms with van der Waals surface area (Å²) in [7, 11) is 4.64. The van der Waals surface area contributed by atoms with Crippen molar-refractivity contribution in [3.8, 4) is 23.3 Å². The number of nitrogens with zero attached hydrogens (tertiary/aromatic N) is 1. The molecule has 140 valence electrons. The van der Waals surface area contributed by atoms with E-state index in [1.54, 1.807) is 44.6 Å². The number of benzene rings is 2. The molecule has 0 radical (unpaired) electrons. The Bertz CT molecular complexity index is 903. The number of nitrogens with one attached hydrogen (secondary N) is 1. The third-order valence-electron chi connectivity index (χ3n) is 3.79. The Balaban J connectivity index is 2.19. The van der Waals surface area contributed by atoms with E-state index in [9.17, 15) is 10.1 Å². The maximum atomic E-state index is 12.4. The molecule has 7 heteroatoms. The van der Waals surface area contributed by atoms with Crippen molar-refractivity contribution < 1.29 is 19.0 Å². The molecule has 0 bridgehead atoms. The summed E-state index contributed by atoms with van der Waals surface area (Å²) in [5.41, 5.74) is 1.36. The van der Waals surface area contributed by atoms with Gasteiger partial charge in [0, 0.05) is 28.2 Å². The Morgan fingerprint density at radius 3 is 2.48 bits per heavy atom. The number of hydrogen-bond acceptors (Lipinski definition) is 5. The number of halogens is 1. The third-order valence-corrected chi connectivity index (χ3v) is 4.28. The zero-order valence-corrected chi connectivity index (χ0v) is 16.8. The molecule has 0 fully saturated rings. The number of nitriles is 1. The number of hydrogen-bond donors (Lipinski definition) is 1. The fourth-order valence-electron chi connectivity index (χ4n) is 2.39. The summed E-state index contributed by atoms with van der Waals surface area (Å²) in [6.45, 7) is 0.209.